The molecule has 0 aromatic carbocycles. The lowest BCUT2D eigenvalue weighted by molar-refractivity contribution is 0.573. The second kappa shape index (κ2) is 3.36. The minimum atomic E-state index is 0.729. The van der Waals surface area contributed by atoms with Crippen molar-refractivity contribution in [2.24, 2.45) is 0 Å². The molecule has 5 heteroatoms. The highest BCUT2D eigenvalue weighted by molar-refractivity contribution is 7.13. The molecule has 0 spiro atoms. The lowest BCUT2D eigenvalue weighted by atomic mass is 10.3. The van der Waals surface area contributed by atoms with Gasteiger partial charge in [0.15, 0.2) is 23.7 Å². The second-order valence-corrected chi connectivity index (χ2v) is 3.89. The van der Waals surface area contributed by atoms with Crippen molar-refractivity contribution in [3.8, 4) is 22.2 Å². The fourth-order valence-electron chi connectivity index (χ4n) is 1.39. The summed E-state index contributed by atoms with van der Waals surface area (Å²) in [6.07, 6.45) is 4.90. The first-order chi connectivity index (χ1) is 7.45. The molecule has 0 radical (unpaired) electrons. The Morgan fingerprint density at radius 1 is 1.33 bits per heavy atom. The Bertz CT molecular complexity index is 490. The lowest BCUT2D eigenvalue weighted by Crippen LogP contribution is -1.82. The molecule has 0 bridgehead atoms. The quantitative estimate of drug-likeness (QED) is 0.718. The van der Waals surface area contributed by atoms with Crippen molar-refractivity contribution in [2.75, 3.05) is 0 Å². The molecule has 4 nitrogen and oxygen atoms in total. The average molecular weight is 217 g/mol. The smallest absolute Gasteiger partial charge is 0.182 e. The largest absolute Gasteiger partial charge is 0.442 e. The Morgan fingerprint density at radius 3 is 3.07 bits per heavy atom. The van der Waals surface area contributed by atoms with E-state index in [1.807, 2.05) is 17.5 Å². The van der Waals surface area contributed by atoms with Gasteiger partial charge in [0.25, 0.3) is 0 Å². The predicted molar refractivity (Wildman–Crippen MR) is 57.4 cm³/mol. The summed E-state index contributed by atoms with van der Waals surface area (Å²) in [6.45, 7) is 0. The van der Waals surface area contributed by atoms with Crippen molar-refractivity contribution < 1.29 is 4.42 Å². The fraction of sp³-hybridized carbons (Fsp3) is 0. The highest BCUT2D eigenvalue weighted by atomic mass is 32.1. The van der Waals surface area contributed by atoms with E-state index in [4.69, 9.17) is 4.42 Å². The van der Waals surface area contributed by atoms with Crippen LogP contribution in [0.2, 0.25) is 0 Å². The number of nitrogens with one attached hydrogen (secondary N) is 1. The van der Waals surface area contributed by atoms with E-state index in [1.165, 1.54) is 6.39 Å². The van der Waals surface area contributed by atoms with Crippen molar-refractivity contribution in [1.29, 1.82) is 0 Å². The molecule has 3 aromatic rings. The third kappa shape index (κ3) is 1.37. The Labute approximate surface area is 89.6 Å². The van der Waals surface area contributed by atoms with E-state index in [1.54, 1.807) is 23.7 Å². The number of thiophene rings is 1. The molecule has 1 N–H and O–H groups in total. The summed E-state index contributed by atoms with van der Waals surface area (Å²) in [5.74, 6) is 1.49. The first-order valence-electron chi connectivity index (χ1n) is 4.42. The summed E-state index contributed by atoms with van der Waals surface area (Å²) in [6, 6.07) is 3.98. The van der Waals surface area contributed by atoms with Crippen LogP contribution < -0.4 is 0 Å². The molecule has 3 aromatic heterocycles. The zero-order chi connectivity index (χ0) is 10.1. The molecule has 74 valence electrons. The maximum atomic E-state index is 5.37. The summed E-state index contributed by atoms with van der Waals surface area (Å²) in [5.41, 5.74) is 0.752. The first kappa shape index (κ1) is 8.43. The van der Waals surface area contributed by atoms with Crippen molar-refractivity contribution in [3.63, 3.8) is 0 Å². The number of imidazole rings is 1. The molecule has 0 aliphatic heterocycles. The number of aromatic nitrogens is 3. The number of H-pyrrole nitrogens is 1. The minimum absolute atomic E-state index is 0.729. The number of rotatable bonds is 2. The van der Waals surface area contributed by atoms with Crippen LogP contribution in [0.1, 0.15) is 0 Å². The van der Waals surface area contributed by atoms with Crippen LogP contribution in [0.25, 0.3) is 22.2 Å². The average Bonchev–Trinajstić information content (AvgIpc) is 3.01. The van der Waals surface area contributed by atoms with Gasteiger partial charge in [-0.1, -0.05) is 6.07 Å². The summed E-state index contributed by atoms with van der Waals surface area (Å²) in [5, 5.41) is 2.00. The Morgan fingerprint density at radius 2 is 2.33 bits per heavy atom. The summed E-state index contributed by atoms with van der Waals surface area (Å²) in [7, 11) is 0. The van der Waals surface area contributed by atoms with E-state index >= 15 is 0 Å². The monoisotopic (exact) mass is 217 g/mol. The molecule has 0 atom stereocenters. The lowest BCUT2D eigenvalue weighted by Gasteiger charge is -1.93. The molecular formula is C10H7N3OS. The summed E-state index contributed by atoms with van der Waals surface area (Å²) < 4.78 is 5.37. The van der Waals surface area contributed by atoms with Crippen molar-refractivity contribution in [3.05, 3.63) is 36.3 Å². The highest BCUT2D eigenvalue weighted by Crippen LogP contribution is 2.31. The maximum Gasteiger partial charge on any atom is 0.182 e. The van der Waals surface area contributed by atoms with Gasteiger partial charge in [0.2, 0.25) is 0 Å². The summed E-state index contributed by atoms with van der Waals surface area (Å²) >= 11 is 1.62. The van der Waals surface area contributed by atoms with E-state index in [2.05, 4.69) is 15.0 Å². The molecule has 0 fully saturated rings. The Hall–Kier alpha value is -1.88. The number of oxazole rings is 1. The van der Waals surface area contributed by atoms with Gasteiger partial charge < -0.3 is 9.40 Å². The molecule has 0 amide bonds. The standard InChI is InChI=1S/C10H7N3OS/c1-2-7(15-5-1)9-8(13-6-14-9)10-11-3-4-12-10/h1-6H,(H,11,12). The molecular weight excluding hydrogens is 210 g/mol. The van der Waals surface area contributed by atoms with Crippen LogP contribution in [-0.4, -0.2) is 15.0 Å². The molecule has 0 aliphatic carbocycles. The van der Waals surface area contributed by atoms with Crippen LogP contribution in [-0.2, 0) is 0 Å². The van der Waals surface area contributed by atoms with Gasteiger partial charge in [0, 0.05) is 12.4 Å². The SMILES string of the molecule is c1csc(-c2ocnc2-c2ncc[nH]2)c1. The van der Waals surface area contributed by atoms with Gasteiger partial charge in [-0.2, -0.15) is 0 Å². The van der Waals surface area contributed by atoms with Gasteiger partial charge >= 0.3 is 0 Å². The second-order valence-electron chi connectivity index (χ2n) is 2.95. The van der Waals surface area contributed by atoms with Gasteiger partial charge in [0.05, 0.1) is 4.88 Å². The molecule has 15 heavy (non-hydrogen) atoms. The number of aromatic amines is 1. The fourth-order valence-corrected chi connectivity index (χ4v) is 2.10. The normalized spacial score (nSPS) is 10.7. The maximum absolute atomic E-state index is 5.37. The van der Waals surface area contributed by atoms with Crippen molar-refractivity contribution in [2.45, 2.75) is 0 Å². The molecule has 0 unspecified atom stereocenters. The minimum Gasteiger partial charge on any atom is -0.442 e. The van der Waals surface area contributed by atoms with Crippen LogP contribution >= 0.6 is 11.3 Å². The Balaban J connectivity index is 2.15. The van der Waals surface area contributed by atoms with Gasteiger partial charge in [-0.25, -0.2) is 9.97 Å². The van der Waals surface area contributed by atoms with Crippen molar-refractivity contribution >= 4 is 11.3 Å². The van der Waals surface area contributed by atoms with Crippen LogP contribution in [0.15, 0.2) is 40.7 Å². The van der Waals surface area contributed by atoms with Crippen LogP contribution in [0, 0.1) is 0 Å². The molecule has 0 aliphatic rings. The van der Waals surface area contributed by atoms with E-state index in [0.29, 0.717) is 0 Å². The van der Waals surface area contributed by atoms with E-state index in [9.17, 15) is 0 Å². The number of hydrogen-bond acceptors (Lipinski definition) is 4. The van der Waals surface area contributed by atoms with E-state index < -0.39 is 0 Å². The summed E-state index contributed by atoms with van der Waals surface area (Å²) in [4.78, 5) is 12.4. The molecule has 3 heterocycles. The van der Waals surface area contributed by atoms with E-state index in [0.717, 1.165) is 22.2 Å². The van der Waals surface area contributed by atoms with Gasteiger partial charge in [0.1, 0.15) is 0 Å². The number of nitrogens with zero attached hydrogens (tertiary/aromatic N) is 2. The van der Waals surface area contributed by atoms with Gasteiger partial charge in [-0.15, -0.1) is 11.3 Å². The van der Waals surface area contributed by atoms with Crippen LogP contribution in [0.5, 0.6) is 0 Å². The molecule has 3 rings (SSSR count). The van der Waals surface area contributed by atoms with Gasteiger partial charge in [-0.3, -0.25) is 0 Å². The van der Waals surface area contributed by atoms with E-state index in [-0.39, 0.29) is 0 Å². The molecule has 0 saturated heterocycles. The van der Waals surface area contributed by atoms with Gasteiger partial charge in [-0.05, 0) is 11.4 Å². The third-order valence-corrected chi connectivity index (χ3v) is 2.90. The zero-order valence-electron chi connectivity index (χ0n) is 7.68. The topological polar surface area (TPSA) is 54.7 Å². The third-order valence-electron chi connectivity index (χ3n) is 2.03. The van der Waals surface area contributed by atoms with Crippen LogP contribution in [0.3, 0.4) is 0 Å². The first-order valence-corrected chi connectivity index (χ1v) is 5.30. The predicted octanol–water partition coefficient (Wildman–Crippen LogP) is 2.79. The molecule has 0 saturated carbocycles. The Kier molecular flexibility index (Phi) is 1.89. The van der Waals surface area contributed by atoms with Crippen LogP contribution in [0.4, 0.5) is 0 Å². The highest BCUT2D eigenvalue weighted by Gasteiger charge is 2.14. The zero-order valence-corrected chi connectivity index (χ0v) is 8.49. The number of hydrogen-bond donors (Lipinski definition) is 1. The van der Waals surface area contributed by atoms with Crippen molar-refractivity contribution in [1.82, 2.24) is 15.0 Å².